The quantitative estimate of drug-likeness (QED) is 0.357. The Bertz CT molecular complexity index is 294. The van der Waals surface area contributed by atoms with Gasteiger partial charge in [0.15, 0.2) is 6.79 Å². The minimum atomic E-state index is -0.494. The van der Waals surface area contributed by atoms with Gasteiger partial charge in [0.05, 0.1) is 13.2 Å². The first kappa shape index (κ1) is 13.4. The van der Waals surface area contributed by atoms with Crippen molar-refractivity contribution in [2.24, 2.45) is 0 Å². The molecule has 0 atom stereocenters. The van der Waals surface area contributed by atoms with E-state index in [0.717, 1.165) is 18.2 Å². The molecule has 0 amide bonds. The molecule has 0 unspecified atom stereocenters. The molecular formula is C8H16N5O2S. The van der Waals surface area contributed by atoms with Crippen LogP contribution in [0, 0.1) is 0 Å². The zero-order valence-electron chi connectivity index (χ0n) is 9.50. The predicted molar refractivity (Wildman–Crippen MR) is 58.6 cm³/mol. The highest BCUT2D eigenvalue weighted by molar-refractivity contribution is 7.99. The Morgan fingerprint density at radius 3 is 3.00 bits per heavy atom. The number of rotatable bonds is 8. The van der Waals surface area contributed by atoms with Gasteiger partial charge in [-0.25, -0.2) is 9.79 Å². The lowest BCUT2D eigenvalue weighted by atomic mass is 10.6. The fourth-order valence-electron chi connectivity index (χ4n) is 0.986. The van der Waals surface area contributed by atoms with Gasteiger partial charge in [0.25, 0.3) is 0 Å². The molecule has 1 aromatic rings. The summed E-state index contributed by atoms with van der Waals surface area (Å²) in [4.78, 5) is 2.07. The van der Waals surface area contributed by atoms with Crippen molar-refractivity contribution in [3.63, 3.8) is 0 Å². The number of likely N-dealkylation sites (N-methyl/N-ethyl adjacent to an activating group) is 1. The molecule has 0 aromatic carbocycles. The fraction of sp³-hybridized carbons (Fsp3) is 0.875. The van der Waals surface area contributed by atoms with E-state index in [1.54, 1.807) is 4.68 Å². The van der Waals surface area contributed by atoms with Crippen molar-refractivity contribution < 1.29 is 9.84 Å². The van der Waals surface area contributed by atoms with E-state index in [9.17, 15) is 5.11 Å². The maximum atomic E-state index is 10.1. The summed E-state index contributed by atoms with van der Waals surface area (Å²) in [5.41, 5.74) is 0. The first-order valence-electron chi connectivity index (χ1n) is 4.93. The number of hydrogen-bond acceptors (Lipinski definition) is 6. The van der Waals surface area contributed by atoms with Gasteiger partial charge in [-0.3, -0.25) is 0 Å². The summed E-state index contributed by atoms with van der Waals surface area (Å²) in [6.07, 6.45) is 0. The average molecular weight is 246 g/mol. The lowest BCUT2D eigenvalue weighted by molar-refractivity contribution is -0.0373. The molecule has 0 bridgehead atoms. The van der Waals surface area contributed by atoms with Crippen LogP contribution >= 0.6 is 11.8 Å². The van der Waals surface area contributed by atoms with E-state index in [4.69, 9.17) is 4.74 Å². The van der Waals surface area contributed by atoms with Crippen molar-refractivity contribution in [2.45, 2.75) is 11.7 Å². The molecule has 16 heavy (non-hydrogen) atoms. The Hall–Kier alpha value is -0.700. The number of tetrazole rings is 1. The van der Waals surface area contributed by atoms with Crippen molar-refractivity contribution in [3.05, 3.63) is 0 Å². The van der Waals surface area contributed by atoms with E-state index in [-0.39, 0.29) is 0 Å². The molecule has 0 N–H and O–H groups in total. The molecule has 0 saturated carbocycles. The zero-order valence-corrected chi connectivity index (χ0v) is 10.3. The van der Waals surface area contributed by atoms with Gasteiger partial charge >= 0.3 is 0 Å². The van der Waals surface area contributed by atoms with E-state index in [1.165, 1.54) is 11.8 Å². The second-order valence-electron chi connectivity index (χ2n) is 3.36. The van der Waals surface area contributed by atoms with Crippen LogP contribution in [0.4, 0.5) is 0 Å². The van der Waals surface area contributed by atoms with Gasteiger partial charge in [0, 0.05) is 12.3 Å². The summed E-state index contributed by atoms with van der Waals surface area (Å²) in [7, 11) is 4.00. The Morgan fingerprint density at radius 2 is 2.31 bits per heavy atom. The Balaban J connectivity index is 2.32. The molecular weight excluding hydrogens is 230 g/mol. The van der Waals surface area contributed by atoms with Gasteiger partial charge in [-0.2, -0.15) is 0 Å². The third kappa shape index (κ3) is 4.88. The van der Waals surface area contributed by atoms with Crippen molar-refractivity contribution in [3.8, 4) is 0 Å². The van der Waals surface area contributed by atoms with E-state index < -0.39 is 6.79 Å². The van der Waals surface area contributed by atoms with Gasteiger partial charge in [0.2, 0.25) is 5.16 Å². The molecule has 0 aliphatic heterocycles. The minimum Gasteiger partial charge on any atom is -0.351 e. The van der Waals surface area contributed by atoms with E-state index in [0.29, 0.717) is 12.4 Å². The van der Waals surface area contributed by atoms with Crippen LogP contribution < -0.4 is 0 Å². The van der Waals surface area contributed by atoms with E-state index >= 15 is 0 Å². The largest absolute Gasteiger partial charge is 0.351 e. The molecule has 1 aromatic heterocycles. The van der Waals surface area contributed by atoms with Crippen molar-refractivity contribution in [1.29, 1.82) is 0 Å². The van der Waals surface area contributed by atoms with Gasteiger partial charge in [-0.1, -0.05) is 11.8 Å². The van der Waals surface area contributed by atoms with E-state index in [2.05, 4.69) is 20.4 Å². The van der Waals surface area contributed by atoms with Crippen LogP contribution in [0.5, 0.6) is 0 Å². The van der Waals surface area contributed by atoms with Crippen LogP contribution in [0.3, 0.4) is 0 Å². The van der Waals surface area contributed by atoms with Crippen LogP contribution in [0.1, 0.15) is 0 Å². The van der Waals surface area contributed by atoms with Crippen LogP contribution in [-0.4, -0.2) is 64.9 Å². The van der Waals surface area contributed by atoms with Gasteiger partial charge in [0.1, 0.15) is 0 Å². The third-order valence-electron chi connectivity index (χ3n) is 1.80. The SMILES string of the molecule is CN(C)CCn1nnnc1SCCOC[O]. The molecule has 0 fully saturated rings. The number of ether oxygens (including phenoxy) is 1. The monoisotopic (exact) mass is 246 g/mol. The minimum absolute atomic E-state index is 0.425. The number of nitrogens with zero attached hydrogens (tertiary/aromatic N) is 5. The summed E-state index contributed by atoms with van der Waals surface area (Å²) >= 11 is 1.49. The Morgan fingerprint density at radius 1 is 1.50 bits per heavy atom. The average Bonchev–Trinajstić information content (AvgIpc) is 2.69. The molecule has 1 heterocycles. The van der Waals surface area contributed by atoms with Gasteiger partial charge in [-0.05, 0) is 24.5 Å². The maximum Gasteiger partial charge on any atom is 0.209 e. The third-order valence-corrected chi connectivity index (χ3v) is 2.72. The summed E-state index contributed by atoms with van der Waals surface area (Å²) in [5.74, 6) is 0.685. The predicted octanol–water partition coefficient (Wildman–Crippen LogP) is -0.269. The highest BCUT2D eigenvalue weighted by atomic mass is 32.2. The summed E-state index contributed by atoms with van der Waals surface area (Å²) in [6, 6.07) is 0. The highest BCUT2D eigenvalue weighted by Crippen LogP contribution is 2.12. The van der Waals surface area contributed by atoms with Crippen molar-refractivity contribution in [1.82, 2.24) is 25.1 Å². The molecule has 7 nitrogen and oxygen atoms in total. The maximum absolute atomic E-state index is 10.1. The van der Waals surface area contributed by atoms with Gasteiger partial charge in [-0.15, -0.1) is 5.10 Å². The molecule has 0 aliphatic rings. The van der Waals surface area contributed by atoms with Crippen LogP contribution in [0.15, 0.2) is 5.16 Å². The fourth-order valence-corrected chi connectivity index (χ4v) is 1.74. The van der Waals surface area contributed by atoms with Crippen molar-refractivity contribution >= 4 is 11.8 Å². The Kier molecular flexibility index (Phi) is 6.31. The normalized spacial score (nSPS) is 11.2. The topological polar surface area (TPSA) is 76.0 Å². The smallest absolute Gasteiger partial charge is 0.209 e. The lowest BCUT2D eigenvalue weighted by Gasteiger charge is -2.09. The van der Waals surface area contributed by atoms with E-state index in [1.807, 2.05) is 14.1 Å². The molecule has 1 radical (unpaired) electrons. The van der Waals surface area contributed by atoms with Gasteiger partial charge < -0.3 is 9.64 Å². The first-order valence-corrected chi connectivity index (χ1v) is 5.92. The first-order chi connectivity index (χ1) is 7.74. The number of aromatic nitrogens is 4. The molecule has 0 aliphatic carbocycles. The second kappa shape index (κ2) is 7.55. The van der Waals surface area contributed by atoms with Crippen LogP contribution in [0.25, 0.3) is 0 Å². The summed E-state index contributed by atoms with van der Waals surface area (Å²) in [5, 5.41) is 22.2. The molecule has 91 valence electrons. The molecule has 8 heteroatoms. The number of thioether (sulfide) groups is 1. The standard InChI is InChI=1S/C8H16N5O2S/c1-12(2)3-4-13-8(9-10-11-13)16-6-5-15-7-14/h3-7H2,1-2H3. The second-order valence-corrected chi connectivity index (χ2v) is 4.42. The molecule has 1 rings (SSSR count). The molecule has 0 spiro atoms. The Labute approximate surface area is 98.8 Å². The van der Waals surface area contributed by atoms with Crippen LogP contribution in [-0.2, 0) is 16.4 Å². The highest BCUT2D eigenvalue weighted by Gasteiger charge is 2.06. The summed E-state index contributed by atoms with van der Waals surface area (Å²) in [6.45, 7) is 1.57. The number of hydrogen-bond donors (Lipinski definition) is 0. The van der Waals surface area contributed by atoms with Crippen LogP contribution in [0.2, 0.25) is 0 Å². The van der Waals surface area contributed by atoms with Crippen molar-refractivity contribution in [2.75, 3.05) is 39.8 Å². The zero-order chi connectivity index (χ0) is 11.8. The lowest BCUT2D eigenvalue weighted by Crippen LogP contribution is -2.19. The molecule has 0 saturated heterocycles. The summed E-state index contributed by atoms with van der Waals surface area (Å²) < 4.78 is 6.46.